The highest BCUT2D eigenvalue weighted by molar-refractivity contribution is 8.22. The quantitative estimate of drug-likeness (QED) is 0.785. The maximum absolute atomic E-state index is 12.2. The van der Waals surface area contributed by atoms with Crippen molar-refractivity contribution in [2.45, 2.75) is 25.0 Å². The minimum atomic E-state index is -0.0339. The maximum atomic E-state index is 12.2. The van der Waals surface area contributed by atoms with Crippen molar-refractivity contribution in [3.63, 3.8) is 0 Å². The summed E-state index contributed by atoms with van der Waals surface area (Å²) in [5.74, 6) is 1.88. The van der Waals surface area contributed by atoms with Gasteiger partial charge in [0.1, 0.15) is 21.4 Å². The summed E-state index contributed by atoms with van der Waals surface area (Å²) >= 11 is 7.05. The summed E-state index contributed by atoms with van der Waals surface area (Å²) < 4.78 is 11.9. The van der Waals surface area contributed by atoms with Gasteiger partial charge in [0, 0.05) is 25.2 Å². The molecule has 1 aromatic carbocycles. The standard InChI is InChI=1S/C17H19NO3S2/c1-20-12-5-6-14-15(19)9-13(21-16(14)10-12)11-23-17(22)18-7-3-2-4-8-18/h5-6,9-10H,2-4,7-8,11H2,1H3. The van der Waals surface area contributed by atoms with Crippen LogP contribution in [0, 0.1) is 0 Å². The normalized spacial score (nSPS) is 14.9. The van der Waals surface area contributed by atoms with Gasteiger partial charge in [0.05, 0.1) is 18.2 Å². The fraction of sp³-hybridized carbons (Fsp3) is 0.412. The van der Waals surface area contributed by atoms with E-state index in [-0.39, 0.29) is 5.43 Å². The lowest BCUT2D eigenvalue weighted by atomic mass is 10.1. The average Bonchev–Trinajstić information content (AvgIpc) is 2.60. The molecule has 1 aliphatic heterocycles. The van der Waals surface area contributed by atoms with E-state index in [0.29, 0.717) is 28.2 Å². The second-order valence-electron chi connectivity index (χ2n) is 5.54. The van der Waals surface area contributed by atoms with Crippen molar-refractivity contribution in [2.24, 2.45) is 0 Å². The van der Waals surface area contributed by atoms with Crippen LogP contribution < -0.4 is 10.2 Å². The highest BCUT2D eigenvalue weighted by atomic mass is 32.2. The van der Waals surface area contributed by atoms with E-state index in [1.807, 2.05) is 0 Å². The van der Waals surface area contributed by atoms with Crippen LogP contribution in [0.1, 0.15) is 25.0 Å². The first-order valence-corrected chi connectivity index (χ1v) is 9.09. The predicted molar refractivity (Wildman–Crippen MR) is 98.4 cm³/mol. The zero-order valence-corrected chi connectivity index (χ0v) is 14.7. The van der Waals surface area contributed by atoms with Crippen LogP contribution in [-0.2, 0) is 5.75 Å². The predicted octanol–water partition coefficient (Wildman–Crippen LogP) is 3.81. The monoisotopic (exact) mass is 349 g/mol. The third kappa shape index (κ3) is 3.87. The minimum absolute atomic E-state index is 0.0339. The van der Waals surface area contributed by atoms with Crippen molar-refractivity contribution in [1.29, 1.82) is 0 Å². The molecule has 1 saturated heterocycles. The Balaban J connectivity index is 1.74. The van der Waals surface area contributed by atoms with E-state index < -0.39 is 0 Å². The van der Waals surface area contributed by atoms with Crippen molar-refractivity contribution in [2.75, 3.05) is 20.2 Å². The number of fused-ring (bicyclic) bond motifs is 1. The van der Waals surface area contributed by atoms with E-state index in [1.165, 1.54) is 19.3 Å². The zero-order chi connectivity index (χ0) is 16.2. The van der Waals surface area contributed by atoms with Gasteiger partial charge in [-0.2, -0.15) is 0 Å². The third-order valence-electron chi connectivity index (χ3n) is 3.94. The SMILES string of the molecule is COc1ccc2c(=O)cc(CSC(=S)N3CCCCC3)oc2c1. The summed E-state index contributed by atoms with van der Waals surface area (Å²) in [6.07, 6.45) is 3.68. The molecule has 23 heavy (non-hydrogen) atoms. The molecule has 0 atom stereocenters. The van der Waals surface area contributed by atoms with Crippen LogP contribution in [0.2, 0.25) is 0 Å². The number of thioether (sulfide) groups is 1. The molecule has 0 unspecified atom stereocenters. The summed E-state index contributed by atoms with van der Waals surface area (Å²) in [4.78, 5) is 14.4. The van der Waals surface area contributed by atoms with E-state index in [9.17, 15) is 4.79 Å². The van der Waals surface area contributed by atoms with Gasteiger partial charge < -0.3 is 14.1 Å². The number of hydrogen-bond donors (Lipinski definition) is 0. The largest absolute Gasteiger partial charge is 0.497 e. The van der Waals surface area contributed by atoms with Gasteiger partial charge in [0.2, 0.25) is 0 Å². The van der Waals surface area contributed by atoms with Gasteiger partial charge in [-0.25, -0.2) is 0 Å². The maximum Gasteiger partial charge on any atom is 0.192 e. The summed E-state index contributed by atoms with van der Waals surface area (Å²) in [5.41, 5.74) is 0.518. The second kappa shape index (κ2) is 7.36. The molecule has 1 aliphatic rings. The Bertz CT molecular complexity index is 766. The molecule has 0 spiro atoms. The highest BCUT2D eigenvalue weighted by Crippen LogP contribution is 2.23. The number of nitrogens with zero attached hydrogens (tertiary/aromatic N) is 1. The Morgan fingerprint density at radius 1 is 1.30 bits per heavy atom. The van der Waals surface area contributed by atoms with E-state index >= 15 is 0 Å². The molecule has 6 heteroatoms. The molecule has 0 N–H and O–H groups in total. The number of piperidine rings is 1. The van der Waals surface area contributed by atoms with Crippen molar-refractivity contribution in [1.82, 2.24) is 4.90 Å². The highest BCUT2D eigenvalue weighted by Gasteiger charge is 2.14. The molecule has 4 nitrogen and oxygen atoms in total. The van der Waals surface area contributed by atoms with Crippen molar-refractivity contribution >= 4 is 39.3 Å². The van der Waals surface area contributed by atoms with Crippen LogP contribution in [0.5, 0.6) is 5.75 Å². The Hall–Kier alpha value is -1.53. The molecule has 0 aliphatic carbocycles. The number of hydrogen-bond acceptors (Lipinski definition) is 5. The number of likely N-dealkylation sites (tertiary alicyclic amines) is 1. The third-order valence-corrected chi connectivity index (χ3v) is 5.49. The van der Waals surface area contributed by atoms with Gasteiger partial charge in [-0.15, -0.1) is 0 Å². The van der Waals surface area contributed by atoms with E-state index in [4.69, 9.17) is 21.4 Å². The first-order chi connectivity index (χ1) is 11.2. The zero-order valence-electron chi connectivity index (χ0n) is 13.0. The van der Waals surface area contributed by atoms with Gasteiger partial charge in [-0.3, -0.25) is 4.79 Å². The first-order valence-electron chi connectivity index (χ1n) is 7.70. The van der Waals surface area contributed by atoms with Crippen LogP contribution in [0.4, 0.5) is 0 Å². The van der Waals surface area contributed by atoms with E-state index in [0.717, 1.165) is 17.4 Å². The Kier molecular flexibility index (Phi) is 5.23. The molecule has 0 bridgehead atoms. The van der Waals surface area contributed by atoms with Crippen LogP contribution in [0.25, 0.3) is 11.0 Å². The van der Waals surface area contributed by atoms with Gasteiger partial charge >= 0.3 is 0 Å². The van der Waals surface area contributed by atoms with E-state index in [2.05, 4.69) is 4.90 Å². The smallest absolute Gasteiger partial charge is 0.192 e. The van der Waals surface area contributed by atoms with Crippen LogP contribution in [-0.4, -0.2) is 29.4 Å². The molecule has 0 amide bonds. The molecule has 122 valence electrons. The van der Waals surface area contributed by atoms with Crippen LogP contribution >= 0.6 is 24.0 Å². The lowest BCUT2D eigenvalue weighted by Crippen LogP contribution is -2.32. The summed E-state index contributed by atoms with van der Waals surface area (Å²) in [7, 11) is 1.59. The van der Waals surface area contributed by atoms with E-state index in [1.54, 1.807) is 43.1 Å². The van der Waals surface area contributed by atoms with Crippen molar-refractivity contribution in [3.8, 4) is 5.75 Å². The molecule has 1 aromatic heterocycles. The fourth-order valence-corrected chi connectivity index (χ4v) is 3.82. The van der Waals surface area contributed by atoms with Gasteiger partial charge in [-0.1, -0.05) is 24.0 Å². The number of ether oxygens (including phenoxy) is 1. The molecule has 2 heterocycles. The molecule has 3 rings (SSSR count). The summed E-state index contributed by atoms with van der Waals surface area (Å²) in [5, 5.41) is 0.568. The molecule has 1 fully saturated rings. The van der Waals surface area contributed by atoms with Gasteiger partial charge in [-0.05, 0) is 31.4 Å². The molecular formula is C17H19NO3S2. The first kappa shape index (κ1) is 16.3. The molecular weight excluding hydrogens is 330 g/mol. The molecule has 2 aromatic rings. The lowest BCUT2D eigenvalue weighted by Gasteiger charge is -2.28. The Morgan fingerprint density at radius 2 is 2.09 bits per heavy atom. The molecule has 0 saturated carbocycles. The van der Waals surface area contributed by atoms with Crippen molar-refractivity contribution in [3.05, 3.63) is 40.2 Å². The second-order valence-corrected chi connectivity index (χ2v) is 7.15. The van der Waals surface area contributed by atoms with Gasteiger partial charge in [0.15, 0.2) is 5.43 Å². The summed E-state index contributed by atoms with van der Waals surface area (Å²) in [6.45, 7) is 2.06. The fourth-order valence-electron chi connectivity index (χ4n) is 2.68. The minimum Gasteiger partial charge on any atom is -0.497 e. The van der Waals surface area contributed by atoms with Gasteiger partial charge in [0.25, 0.3) is 0 Å². The number of benzene rings is 1. The van der Waals surface area contributed by atoms with Crippen LogP contribution in [0.15, 0.2) is 33.5 Å². The topological polar surface area (TPSA) is 42.7 Å². The lowest BCUT2D eigenvalue weighted by molar-refractivity contribution is 0.352. The number of thiocarbonyl (C=S) groups is 1. The molecule has 0 radical (unpaired) electrons. The Morgan fingerprint density at radius 3 is 2.83 bits per heavy atom. The number of rotatable bonds is 3. The Labute approximate surface area is 144 Å². The van der Waals surface area contributed by atoms with Crippen molar-refractivity contribution < 1.29 is 9.15 Å². The number of methoxy groups -OCH3 is 1. The summed E-state index contributed by atoms with van der Waals surface area (Å²) in [6, 6.07) is 6.79. The average molecular weight is 349 g/mol. The van der Waals surface area contributed by atoms with Crippen LogP contribution in [0.3, 0.4) is 0 Å².